The standard InChI is InChI=1S/C11H17N3O3S/c1-4-5-14-9(12)8(7(15)6-18-3)10(16)13(2)11(14)17/h4-6,12H2,1-3H3. The van der Waals surface area contributed by atoms with Crippen molar-refractivity contribution in [2.24, 2.45) is 7.05 Å². The number of nitrogen functional groups attached to an aromatic ring is 1. The van der Waals surface area contributed by atoms with Crippen LogP contribution < -0.4 is 17.0 Å². The molecule has 1 rings (SSSR count). The summed E-state index contributed by atoms with van der Waals surface area (Å²) in [5.74, 6) is -0.196. The molecule has 0 aliphatic rings. The van der Waals surface area contributed by atoms with Crippen LogP contribution in [0.25, 0.3) is 0 Å². The molecule has 0 atom stereocenters. The van der Waals surface area contributed by atoms with Crippen molar-refractivity contribution < 1.29 is 4.79 Å². The maximum atomic E-state index is 11.9. The van der Waals surface area contributed by atoms with E-state index in [4.69, 9.17) is 5.73 Å². The zero-order valence-corrected chi connectivity index (χ0v) is 11.5. The second kappa shape index (κ2) is 5.90. The number of anilines is 1. The van der Waals surface area contributed by atoms with Crippen molar-refractivity contribution in [1.29, 1.82) is 0 Å². The SMILES string of the molecule is CCCn1c(N)c(C(=O)CSC)c(=O)n(C)c1=O. The smallest absolute Gasteiger partial charge is 0.332 e. The van der Waals surface area contributed by atoms with Crippen LogP contribution in [0.15, 0.2) is 9.59 Å². The Kier molecular flexibility index (Phi) is 4.77. The Morgan fingerprint density at radius 1 is 1.39 bits per heavy atom. The van der Waals surface area contributed by atoms with E-state index in [0.29, 0.717) is 13.0 Å². The van der Waals surface area contributed by atoms with Gasteiger partial charge in [-0.2, -0.15) is 11.8 Å². The number of thioether (sulfide) groups is 1. The molecular formula is C11H17N3O3S. The van der Waals surface area contributed by atoms with Crippen LogP contribution in [-0.4, -0.2) is 26.9 Å². The van der Waals surface area contributed by atoms with E-state index in [0.717, 1.165) is 4.57 Å². The van der Waals surface area contributed by atoms with Crippen molar-refractivity contribution in [2.45, 2.75) is 19.9 Å². The monoisotopic (exact) mass is 271 g/mol. The van der Waals surface area contributed by atoms with Crippen molar-refractivity contribution in [3.8, 4) is 0 Å². The van der Waals surface area contributed by atoms with Crippen molar-refractivity contribution in [1.82, 2.24) is 9.13 Å². The first-order chi connectivity index (χ1) is 8.45. The highest BCUT2D eigenvalue weighted by molar-refractivity contribution is 7.99. The minimum absolute atomic E-state index is 0.0241. The van der Waals surface area contributed by atoms with E-state index >= 15 is 0 Å². The van der Waals surface area contributed by atoms with Gasteiger partial charge in [-0.05, 0) is 12.7 Å². The van der Waals surface area contributed by atoms with Gasteiger partial charge in [0.05, 0.1) is 5.75 Å². The molecule has 0 bridgehead atoms. The Labute approximate surface area is 109 Å². The lowest BCUT2D eigenvalue weighted by molar-refractivity contribution is 0.102. The normalized spacial score (nSPS) is 10.6. The van der Waals surface area contributed by atoms with Gasteiger partial charge in [-0.15, -0.1) is 0 Å². The van der Waals surface area contributed by atoms with E-state index in [1.165, 1.54) is 23.4 Å². The predicted molar refractivity (Wildman–Crippen MR) is 73.4 cm³/mol. The molecule has 0 saturated carbocycles. The van der Waals surface area contributed by atoms with Crippen LogP contribution in [0, 0.1) is 0 Å². The number of aromatic nitrogens is 2. The fourth-order valence-electron chi connectivity index (χ4n) is 1.69. The third kappa shape index (κ3) is 2.50. The average molecular weight is 271 g/mol. The number of carbonyl (C=O) groups is 1. The first-order valence-corrected chi connectivity index (χ1v) is 6.96. The highest BCUT2D eigenvalue weighted by Crippen LogP contribution is 2.08. The van der Waals surface area contributed by atoms with Crippen LogP contribution in [0.3, 0.4) is 0 Å². The number of hydrogen-bond acceptors (Lipinski definition) is 5. The number of carbonyl (C=O) groups excluding carboxylic acids is 1. The van der Waals surface area contributed by atoms with E-state index < -0.39 is 11.2 Å². The van der Waals surface area contributed by atoms with Crippen molar-refractivity contribution in [3.05, 3.63) is 26.4 Å². The molecular weight excluding hydrogens is 254 g/mol. The van der Waals surface area contributed by atoms with Gasteiger partial charge in [-0.1, -0.05) is 6.92 Å². The molecule has 0 spiro atoms. The molecule has 6 nitrogen and oxygen atoms in total. The maximum Gasteiger partial charge on any atom is 0.332 e. The lowest BCUT2D eigenvalue weighted by Crippen LogP contribution is -2.42. The number of ketones is 1. The zero-order valence-electron chi connectivity index (χ0n) is 10.7. The van der Waals surface area contributed by atoms with E-state index in [1.54, 1.807) is 6.26 Å². The topological polar surface area (TPSA) is 87.1 Å². The van der Waals surface area contributed by atoms with Gasteiger partial charge in [0.15, 0.2) is 5.78 Å². The Morgan fingerprint density at radius 2 is 2.00 bits per heavy atom. The number of rotatable bonds is 5. The van der Waals surface area contributed by atoms with Crippen molar-refractivity contribution >= 4 is 23.4 Å². The first kappa shape index (κ1) is 14.6. The summed E-state index contributed by atoms with van der Waals surface area (Å²) in [6.07, 6.45) is 2.46. The molecule has 7 heteroatoms. The van der Waals surface area contributed by atoms with Gasteiger partial charge in [-0.25, -0.2) is 4.79 Å². The van der Waals surface area contributed by atoms with Crippen LogP contribution in [0.1, 0.15) is 23.7 Å². The molecule has 0 aromatic carbocycles. The van der Waals surface area contributed by atoms with E-state index in [-0.39, 0.29) is 22.9 Å². The highest BCUT2D eigenvalue weighted by atomic mass is 32.2. The molecule has 0 fully saturated rings. The minimum Gasteiger partial charge on any atom is -0.384 e. The average Bonchev–Trinajstić information content (AvgIpc) is 2.32. The number of nitrogens with two attached hydrogens (primary N) is 1. The van der Waals surface area contributed by atoms with Gasteiger partial charge < -0.3 is 5.73 Å². The van der Waals surface area contributed by atoms with Gasteiger partial charge >= 0.3 is 5.69 Å². The summed E-state index contributed by atoms with van der Waals surface area (Å²) in [4.78, 5) is 35.7. The lowest BCUT2D eigenvalue weighted by atomic mass is 10.2. The number of hydrogen-bond donors (Lipinski definition) is 1. The largest absolute Gasteiger partial charge is 0.384 e. The van der Waals surface area contributed by atoms with Gasteiger partial charge in [0.2, 0.25) is 0 Å². The molecule has 1 aromatic heterocycles. The minimum atomic E-state index is -0.621. The lowest BCUT2D eigenvalue weighted by Gasteiger charge is -2.13. The summed E-state index contributed by atoms with van der Waals surface area (Å²) >= 11 is 1.31. The van der Waals surface area contributed by atoms with E-state index in [2.05, 4.69) is 0 Å². The van der Waals surface area contributed by atoms with Gasteiger partial charge in [0.1, 0.15) is 11.4 Å². The molecule has 100 valence electrons. The predicted octanol–water partition coefficient (Wildman–Crippen LogP) is 0.0849. The fourth-order valence-corrected chi connectivity index (χ4v) is 2.09. The van der Waals surface area contributed by atoms with Crippen LogP contribution in [0.2, 0.25) is 0 Å². The summed E-state index contributed by atoms with van der Waals surface area (Å²) in [6.45, 7) is 2.28. The molecule has 0 aliphatic heterocycles. The third-order valence-corrected chi connectivity index (χ3v) is 3.14. The molecule has 2 N–H and O–H groups in total. The van der Waals surface area contributed by atoms with Gasteiger partial charge in [0.25, 0.3) is 5.56 Å². The summed E-state index contributed by atoms with van der Waals surface area (Å²) in [7, 11) is 1.35. The number of nitrogens with zero attached hydrogens (tertiary/aromatic N) is 2. The molecule has 0 radical (unpaired) electrons. The van der Waals surface area contributed by atoms with Crippen molar-refractivity contribution in [2.75, 3.05) is 17.7 Å². The second-order valence-electron chi connectivity index (χ2n) is 3.91. The summed E-state index contributed by atoms with van der Waals surface area (Å²) < 4.78 is 2.20. The molecule has 0 saturated heterocycles. The Bertz CT molecular complexity index is 574. The first-order valence-electron chi connectivity index (χ1n) is 5.57. The highest BCUT2D eigenvalue weighted by Gasteiger charge is 2.20. The van der Waals surface area contributed by atoms with Crippen LogP contribution in [0.5, 0.6) is 0 Å². The maximum absolute atomic E-state index is 11.9. The molecule has 0 amide bonds. The second-order valence-corrected chi connectivity index (χ2v) is 4.78. The molecule has 1 aromatic rings. The van der Waals surface area contributed by atoms with Gasteiger partial charge in [0, 0.05) is 13.6 Å². The Morgan fingerprint density at radius 3 is 2.50 bits per heavy atom. The van der Waals surface area contributed by atoms with Crippen LogP contribution >= 0.6 is 11.8 Å². The quantitative estimate of drug-likeness (QED) is 0.767. The third-order valence-electron chi connectivity index (χ3n) is 2.58. The van der Waals surface area contributed by atoms with Crippen LogP contribution in [0.4, 0.5) is 5.82 Å². The molecule has 0 aliphatic carbocycles. The Balaban J connectivity index is 3.57. The number of Topliss-reactive ketones (excluding diaryl/α,β-unsaturated/α-hetero) is 1. The fraction of sp³-hybridized carbons (Fsp3) is 0.545. The van der Waals surface area contributed by atoms with E-state index in [1.807, 2.05) is 6.92 Å². The summed E-state index contributed by atoms with van der Waals surface area (Å²) in [6, 6.07) is 0. The molecule has 1 heterocycles. The Hall–Kier alpha value is -1.50. The summed E-state index contributed by atoms with van der Waals surface area (Å²) in [5, 5.41) is 0. The summed E-state index contributed by atoms with van der Waals surface area (Å²) in [5.41, 5.74) is 4.60. The van der Waals surface area contributed by atoms with Crippen molar-refractivity contribution in [3.63, 3.8) is 0 Å². The molecule has 18 heavy (non-hydrogen) atoms. The van der Waals surface area contributed by atoms with E-state index in [9.17, 15) is 14.4 Å². The van der Waals surface area contributed by atoms with Gasteiger partial charge in [-0.3, -0.25) is 18.7 Å². The zero-order chi connectivity index (χ0) is 13.9. The molecule has 0 unspecified atom stereocenters. The van der Waals surface area contributed by atoms with Crippen LogP contribution in [-0.2, 0) is 13.6 Å².